The number of halogens is 1. The molecule has 0 radical (unpaired) electrons. The summed E-state index contributed by atoms with van der Waals surface area (Å²) in [5, 5.41) is 3.42. The molecule has 0 saturated heterocycles. The summed E-state index contributed by atoms with van der Waals surface area (Å²) in [4.78, 5) is 0. The van der Waals surface area contributed by atoms with Crippen molar-refractivity contribution in [2.24, 2.45) is 0 Å². The van der Waals surface area contributed by atoms with Gasteiger partial charge in [0.15, 0.2) is 0 Å². The van der Waals surface area contributed by atoms with Crippen LogP contribution in [0.1, 0.15) is 38.3 Å². The maximum atomic E-state index is 14.1. The third kappa shape index (κ3) is 5.41. The highest BCUT2D eigenvalue weighted by Gasteiger charge is 2.15. The van der Waals surface area contributed by atoms with Crippen molar-refractivity contribution >= 4 is 11.8 Å². The molecule has 2 nitrogen and oxygen atoms in total. The maximum absolute atomic E-state index is 14.1. The van der Waals surface area contributed by atoms with E-state index in [1.54, 1.807) is 7.11 Å². The van der Waals surface area contributed by atoms with Crippen molar-refractivity contribution in [3.63, 3.8) is 0 Å². The zero-order valence-corrected chi connectivity index (χ0v) is 12.9. The van der Waals surface area contributed by atoms with E-state index < -0.39 is 0 Å². The lowest BCUT2D eigenvalue weighted by Gasteiger charge is -2.19. The summed E-state index contributed by atoms with van der Waals surface area (Å²) >= 11 is 1.86. The molecule has 0 heterocycles. The monoisotopic (exact) mass is 285 g/mol. The van der Waals surface area contributed by atoms with E-state index in [0.717, 1.165) is 36.5 Å². The Morgan fingerprint density at radius 3 is 2.68 bits per heavy atom. The molecule has 0 amide bonds. The minimum Gasteiger partial charge on any atom is -0.497 e. The van der Waals surface area contributed by atoms with Crippen LogP contribution in [0.3, 0.4) is 0 Å². The molecule has 1 rings (SSSR count). The first-order valence-electron chi connectivity index (χ1n) is 6.87. The minimum atomic E-state index is -0.190. The number of nitrogens with one attached hydrogen (secondary N) is 1. The average molecular weight is 285 g/mol. The predicted molar refractivity (Wildman–Crippen MR) is 81.6 cm³/mol. The van der Waals surface area contributed by atoms with Gasteiger partial charge < -0.3 is 10.1 Å². The fourth-order valence-electron chi connectivity index (χ4n) is 1.84. The Bertz CT molecular complexity index is 373. The van der Waals surface area contributed by atoms with Gasteiger partial charge >= 0.3 is 0 Å². The van der Waals surface area contributed by atoms with E-state index in [4.69, 9.17) is 4.74 Å². The first-order valence-corrected chi connectivity index (χ1v) is 8.02. The van der Waals surface area contributed by atoms with Crippen molar-refractivity contribution < 1.29 is 9.13 Å². The van der Waals surface area contributed by atoms with Crippen molar-refractivity contribution in [3.05, 3.63) is 29.6 Å². The van der Waals surface area contributed by atoms with E-state index in [1.807, 2.05) is 23.9 Å². The van der Waals surface area contributed by atoms with Crippen molar-refractivity contribution in [2.45, 2.75) is 32.7 Å². The van der Waals surface area contributed by atoms with Crippen LogP contribution in [0.15, 0.2) is 18.2 Å². The lowest BCUT2D eigenvalue weighted by Crippen LogP contribution is -2.25. The number of thioether (sulfide) groups is 1. The lowest BCUT2D eigenvalue weighted by molar-refractivity contribution is 0.409. The van der Waals surface area contributed by atoms with E-state index in [1.165, 1.54) is 6.07 Å². The van der Waals surface area contributed by atoms with Crippen LogP contribution in [0.25, 0.3) is 0 Å². The number of methoxy groups -OCH3 is 1. The smallest absolute Gasteiger partial charge is 0.131 e. The molecule has 0 fully saturated rings. The van der Waals surface area contributed by atoms with E-state index in [-0.39, 0.29) is 11.9 Å². The molecule has 1 N–H and O–H groups in total. The second kappa shape index (κ2) is 9.21. The van der Waals surface area contributed by atoms with Crippen LogP contribution < -0.4 is 10.1 Å². The molecule has 0 spiro atoms. The van der Waals surface area contributed by atoms with Gasteiger partial charge in [-0.15, -0.1) is 0 Å². The fourth-order valence-corrected chi connectivity index (χ4v) is 2.83. The molecule has 0 saturated carbocycles. The van der Waals surface area contributed by atoms with Crippen molar-refractivity contribution in [2.75, 3.05) is 25.2 Å². The number of hydrogen-bond acceptors (Lipinski definition) is 3. The summed E-state index contributed by atoms with van der Waals surface area (Å²) < 4.78 is 19.1. The lowest BCUT2D eigenvalue weighted by atomic mass is 10.1. The first-order chi connectivity index (χ1) is 9.22. The molecule has 1 atom stereocenters. The molecule has 0 aliphatic heterocycles. The Hall–Kier alpha value is -0.740. The predicted octanol–water partition coefficient (Wildman–Crippen LogP) is 4.02. The van der Waals surface area contributed by atoms with Gasteiger partial charge in [0.1, 0.15) is 11.6 Å². The van der Waals surface area contributed by atoms with Gasteiger partial charge in [0, 0.05) is 23.4 Å². The van der Waals surface area contributed by atoms with Crippen LogP contribution >= 0.6 is 11.8 Å². The third-order valence-electron chi connectivity index (χ3n) is 2.86. The van der Waals surface area contributed by atoms with Crippen molar-refractivity contribution in [3.8, 4) is 5.75 Å². The number of rotatable bonds is 9. The first kappa shape index (κ1) is 16.3. The molecule has 1 aromatic rings. The normalized spacial score (nSPS) is 12.4. The summed E-state index contributed by atoms with van der Waals surface area (Å²) in [6.45, 7) is 5.19. The van der Waals surface area contributed by atoms with E-state index >= 15 is 0 Å². The number of hydrogen-bond donors (Lipinski definition) is 1. The largest absolute Gasteiger partial charge is 0.497 e. The molecule has 0 aromatic heterocycles. The zero-order valence-electron chi connectivity index (χ0n) is 12.0. The molecule has 0 bridgehead atoms. The quantitative estimate of drug-likeness (QED) is 0.692. The highest BCUT2D eigenvalue weighted by molar-refractivity contribution is 7.99. The van der Waals surface area contributed by atoms with E-state index in [9.17, 15) is 4.39 Å². The van der Waals surface area contributed by atoms with Gasteiger partial charge in [0.25, 0.3) is 0 Å². The van der Waals surface area contributed by atoms with Gasteiger partial charge in [-0.25, -0.2) is 4.39 Å². The molecule has 0 aliphatic carbocycles. The Morgan fingerprint density at radius 2 is 2.11 bits per heavy atom. The van der Waals surface area contributed by atoms with Gasteiger partial charge in [-0.05, 0) is 31.2 Å². The highest BCUT2D eigenvalue weighted by atomic mass is 32.2. The summed E-state index contributed by atoms with van der Waals surface area (Å²) in [6.07, 6.45) is 2.20. The van der Waals surface area contributed by atoms with E-state index in [0.29, 0.717) is 5.75 Å². The number of benzene rings is 1. The molecule has 19 heavy (non-hydrogen) atoms. The van der Waals surface area contributed by atoms with Crippen molar-refractivity contribution in [1.82, 2.24) is 5.32 Å². The summed E-state index contributed by atoms with van der Waals surface area (Å²) in [6, 6.07) is 5.18. The molecular formula is C15H24FNOS. The second-order valence-corrected chi connectivity index (χ2v) is 5.62. The highest BCUT2D eigenvalue weighted by Crippen LogP contribution is 2.25. The second-order valence-electron chi connectivity index (χ2n) is 4.47. The van der Waals surface area contributed by atoms with Gasteiger partial charge in [0.05, 0.1) is 7.11 Å². The zero-order chi connectivity index (χ0) is 14.1. The topological polar surface area (TPSA) is 21.3 Å². The average Bonchev–Trinajstić information content (AvgIpc) is 2.43. The molecule has 1 unspecified atom stereocenters. The standard InChI is InChI=1S/C15H24FNOS/c1-4-8-17-15(11-19-9-5-2)13-7-6-12(18-3)10-14(13)16/h6-7,10,15,17H,4-5,8-9,11H2,1-3H3. The molecule has 0 aliphatic rings. The maximum Gasteiger partial charge on any atom is 0.131 e. The van der Waals surface area contributed by atoms with Gasteiger partial charge in [-0.3, -0.25) is 0 Å². The van der Waals surface area contributed by atoms with E-state index in [2.05, 4.69) is 19.2 Å². The van der Waals surface area contributed by atoms with Crippen LogP contribution in [0.4, 0.5) is 4.39 Å². The molecular weight excluding hydrogens is 261 g/mol. The summed E-state index contributed by atoms with van der Waals surface area (Å²) in [7, 11) is 1.55. The SMILES string of the molecule is CCCNC(CSCCC)c1ccc(OC)cc1F. The van der Waals surface area contributed by atoms with Crippen LogP contribution in [0, 0.1) is 5.82 Å². The Labute approximate surface area is 120 Å². The Morgan fingerprint density at radius 1 is 1.32 bits per heavy atom. The van der Waals surface area contributed by atoms with Crippen LogP contribution in [-0.2, 0) is 0 Å². The van der Waals surface area contributed by atoms with Crippen molar-refractivity contribution in [1.29, 1.82) is 0 Å². The molecule has 4 heteroatoms. The molecule has 108 valence electrons. The van der Waals surface area contributed by atoms with Crippen LogP contribution in [0.2, 0.25) is 0 Å². The fraction of sp³-hybridized carbons (Fsp3) is 0.600. The molecule has 1 aromatic carbocycles. The number of ether oxygens (including phenoxy) is 1. The van der Waals surface area contributed by atoms with Gasteiger partial charge in [-0.2, -0.15) is 11.8 Å². The minimum absolute atomic E-state index is 0.0717. The summed E-state index contributed by atoms with van der Waals surface area (Å²) in [5.74, 6) is 2.39. The van der Waals surface area contributed by atoms with Crippen LogP contribution in [0.5, 0.6) is 5.75 Å². The van der Waals surface area contributed by atoms with Gasteiger partial charge in [0.2, 0.25) is 0 Å². The Kier molecular flexibility index (Phi) is 7.91. The third-order valence-corrected chi connectivity index (χ3v) is 4.12. The Balaban J connectivity index is 2.77. The van der Waals surface area contributed by atoms with Gasteiger partial charge in [-0.1, -0.05) is 19.9 Å². The van der Waals surface area contributed by atoms with Crippen LogP contribution in [-0.4, -0.2) is 25.2 Å². The summed E-state index contributed by atoms with van der Waals surface area (Å²) in [5.41, 5.74) is 0.734.